The van der Waals surface area contributed by atoms with E-state index in [1.165, 1.54) is 48.5 Å². The van der Waals surface area contributed by atoms with Crippen molar-refractivity contribution in [2.75, 3.05) is 9.80 Å². The number of benzene rings is 12. The number of aromatic nitrogens is 2. The van der Waals surface area contributed by atoms with Crippen LogP contribution in [0.2, 0.25) is 0 Å². The summed E-state index contributed by atoms with van der Waals surface area (Å²) in [7, 11) is 0. The van der Waals surface area contributed by atoms with Gasteiger partial charge in [0, 0.05) is 67.0 Å². The second-order valence-corrected chi connectivity index (χ2v) is 20.6. The minimum absolute atomic E-state index is 0.301. The van der Waals surface area contributed by atoms with Gasteiger partial charge in [-0.05, 0) is 203 Å². The summed E-state index contributed by atoms with van der Waals surface area (Å²) < 4.78 is 62.9. The van der Waals surface area contributed by atoms with Gasteiger partial charge in [-0.15, -0.1) is 0 Å². The van der Waals surface area contributed by atoms with Crippen molar-refractivity contribution in [2.24, 2.45) is 0 Å². The van der Waals surface area contributed by atoms with Gasteiger partial charge >= 0.3 is 0 Å². The molecule has 0 saturated carbocycles. The molecule has 0 N–H and O–H groups in total. The van der Waals surface area contributed by atoms with E-state index in [-0.39, 0.29) is 23.3 Å². The summed E-state index contributed by atoms with van der Waals surface area (Å²) in [4.78, 5) is 4.38. The zero-order valence-corrected chi connectivity index (χ0v) is 43.4. The lowest BCUT2D eigenvalue weighted by atomic mass is 9.67. The number of anilines is 6. The molecule has 0 saturated heterocycles. The Balaban J connectivity index is 0.945. The second-order valence-electron chi connectivity index (χ2n) is 20.6. The Kier molecular flexibility index (Phi) is 11.1. The van der Waals surface area contributed by atoms with Crippen LogP contribution in [-0.2, 0) is 5.41 Å². The van der Waals surface area contributed by atoms with Crippen molar-refractivity contribution in [3.8, 4) is 22.5 Å². The fraction of sp³-hybridized carbons (Fsp3) is 0.0137. The van der Waals surface area contributed by atoms with Gasteiger partial charge in [0.05, 0.1) is 27.5 Å². The molecule has 386 valence electrons. The standard InChI is InChI=1S/C73H46F4N4/c74-49-19-27-53(28-20-49)78(57-37-41-71-65(43-57)63-15-7-9-17-69(63)80(71)55-31-23-51(76)24-32-55)59-35-39-61-62-40-36-60(46-68(62)73(67(61)45-59,47-11-3-1-4-12-47)48-13-5-2-6-14-48)79(54-29-21-50(75)22-30-54)58-38-42-72-66(44-58)64-16-8-10-18-70(64)81(72)56-33-25-52(77)26-34-56/h1-46H. The van der Waals surface area contributed by atoms with Crippen molar-refractivity contribution in [2.45, 2.75) is 5.41 Å². The summed E-state index contributed by atoms with van der Waals surface area (Å²) in [6.07, 6.45) is 0. The quantitative estimate of drug-likeness (QED) is 0.127. The molecule has 1 aliphatic rings. The zero-order chi connectivity index (χ0) is 54.3. The largest absolute Gasteiger partial charge is 0.310 e. The Hall–Kier alpha value is -10.4. The third-order valence-electron chi connectivity index (χ3n) is 16.2. The molecule has 2 heterocycles. The topological polar surface area (TPSA) is 16.3 Å². The molecule has 0 spiro atoms. The van der Waals surface area contributed by atoms with Crippen LogP contribution in [0.25, 0.3) is 66.1 Å². The fourth-order valence-electron chi connectivity index (χ4n) is 12.8. The van der Waals surface area contributed by atoms with Crippen LogP contribution >= 0.6 is 0 Å². The molecule has 4 nitrogen and oxygen atoms in total. The van der Waals surface area contributed by atoms with Gasteiger partial charge in [-0.2, -0.15) is 0 Å². The van der Waals surface area contributed by atoms with Crippen molar-refractivity contribution in [3.63, 3.8) is 0 Å². The SMILES string of the molecule is Fc1ccc(N(c2ccc3c(c2)C(c2ccccc2)(c2ccccc2)c2cc(N(c4ccc(F)cc4)c4ccc5c(c4)c4ccccc4n5-c4ccc(F)cc4)ccc2-3)c2ccc3c(c2)c2ccccc2n3-c2ccc(F)cc2)cc1. The molecule has 2 aromatic heterocycles. The number of hydrogen-bond acceptors (Lipinski definition) is 2. The van der Waals surface area contributed by atoms with E-state index in [4.69, 9.17) is 0 Å². The van der Waals surface area contributed by atoms with Gasteiger partial charge in [0.2, 0.25) is 0 Å². The molecular formula is C73H46F4N4. The summed E-state index contributed by atoms with van der Waals surface area (Å²) in [6.45, 7) is 0. The molecule has 0 amide bonds. The van der Waals surface area contributed by atoms with Gasteiger partial charge in [0.25, 0.3) is 0 Å². The van der Waals surface area contributed by atoms with E-state index in [1.807, 2.05) is 60.7 Å². The fourth-order valence-corrected chi connectivity index (χ4v) is 12.8. The number of fused-ring (bicyclic) bond motifs is 9. The van der Waals surface area contributed by atoms with E-state index in [9.17, 15) is 17.6 Å². The highest BCUT2D eigenvalue weighted by atomic mass is 19.1. The average Bonchev–Trinajstić information content (AvgIpc) is 4.32. The lowest BCUT2D eigenvalue weighted by molar-refractivity contribution is 0.627. The maximum Gasteiger partial charge on any atom is 0.123 e. The third kappa shape index (κ3) is 7.66. The molecule has 0 atom stereocenters. The zero-order valence-electron chi connectivity index (χ0n) is 43.4. The van der Waals surface area contributed by atoms with Crippen molar-refractivity contribution < 1.29 is 17.6 Å². The molecule has 81 heavy (non-hydrogen) atoms. The normalized spacial score (nSPS) is 12.5. The number of hydrogen-bond donors (Lipinski definition) is 0. The molecule has 14 aromatic rings. The maximum absolute atomic E-state index is 15.0. The number of para-hydroxylation sites is 2. The van der Waals surface area contributed by atoms with Crippen LogP contribution in [-0.4, -0.2) is 9.13 Å². The average molecular weight is 1060 g/mol. The minimum atomic E-state index is -0.874. The highest BCUT2D eigenvalue weighted by molar-refractivity contribution is 6.12. The lowest BCUT2D eigenvalue weighted by Gasteiger charge is -2.35. The first-order valence-electron chi connectivity index (χ1n) is 26.9. The van der Waals surface area contributed by atoms with Gasteiger partial charge in [0.15, 0.2) is 0 Å². The van der Waals surface area contributed by atoms with Crippen LogP contribution in [0.1, 0.15) is 22.3 Å². The smallest absolute Gasteiger partial charge is 0.123 e. The van der Waals surface area contributed by atoms with Crippen LogP contribution in [0.4, 0.5) is 51.7 Å². The minimum Gasteiger partial charge on any atom is -0.310 e. The molecule has 0 bridgehead atoms. The first-order valence-corrected chi connectivity index (χ1v) is 26.9. The van der Waals surface area contributed by atoms with E-state index in [0.717, 1.165) is 122 Å². The van der Waals surface area contributed by atoms with Crippen LogP contribution in [0.3, 0.4) is 0 Å². The molecule has 12 aromatic carbocycles. The maximum atomic E-state index is 15.0. The Morgan fingerprint density at radius 1 is 0.259 bits per heavy atom. The Labute approximate surface area is 464 Å². The number of rotatable bonds is 10. The van der Waals surface area contributed by atoms with Gasteiger partial charge in [-0.3, -0.25) is 0 Å². The summed E-state index contributed by atoms with van der Waals surface area (Å²) in [6, 6.07) is 90.3. The Morgan fingerprint density at radius 3 is 0.963 bits per heavy atom. The first kappa shape index (κ1) is 47.7. The molecular weight excluding hydrogens is 1010 g/mol. The molecule has 0 radical (unpaired) electrons. The van der Waals surface area contributed by atoms with Crippen LogP contribution in [0.5, 0.6) is 0 Å². The second kappa shape index (κ2) is 18.9. The predicted molar refractivity (Wildman–Crippen MR) is 322 cm³/mol. The summed E-state index contributed by atoms with van der Waals surface area (Å²) in [5, 5.41) is 4.09. The van der Waals surface area contributed by atoms with Crippen molar-refractivity contribution >= 4 is 77.7 Å². The molecule has 0 aliphatic heterocycles. The van der Waals surface area contributed by atoms with E-state index in [2.05, 4.69) is 165 Å². The van der Waals surface area contributed by atoms with Gasteiger partial charge in [0.1, 0.15) is 23.3 Å². The Morgan fingerprint density at radius 2 is 0.568 bits per heavy atom. The molecule has 0 unspecified atom stereocenters. The first-order chi connectivity index (χ1) is 39.8. The van der Waals surface area contributed by atoms with Gasteiger partial charge in [-0.25, -0.2) is 17.6 Å². The van der Waals surface area contributed by atoms with Crippen molar-refractivity contribution in [1.82, 2.24) is 9.13 Å². The predicted octanol–water partition coefficient (Wildman–Crippen LogP) is 19.7. The molecule has 0 fully saturated rings. The van der Waals surface area contributed by atoms with Crippen LogP contribution in [0.15, 0.2) is 279 Å². The summed E-state index contributed by atoms with van der Waals surface area (Å²) in [5.41, 5.74) is 16.1. The van der Waals surface area contributed by atoms with Crippen molar-refractivity contribution in [1.29, 1.82) is 0 Å². The van der Waals surface area contributed by atoms with Crippen molar-refractivity contribution in [3.05, 3.63) is 325 Å². The Bertz CT molecular complexity index is 4420. The van der Waals surface area contributed by atoms with E-state index >= 15 is 0 Å². The van der Waals surface area contributed by atoms with E-state index < -0.39 is 5.41 Å². The number of nitrogens with zero attached hydrogens (tertiary/aromatic N) is 4. The van der Waals surface area contributed by atoms with E-state index in [0.29, 0.717) is 0 Å². The summed E-state index contributed by atoms with van der Waals surface area (Å²) in [5.74, 6) is -1.28. The van der Waals surface area contributed by atoms with Gasteiger partial charge in [-0.1, -0.05) is 109 Å². The molecule has 1 aliphatic carbocycles. The highest BCUT2D eigenvalue weighted by Crippen LogP contribution is 2.59. The highest BCUT2D eigenvalue weighted by Gasteiger charge is 2.47. The van der Waals surface area contributed by atoms with Crippen LogP contribution < -0.4 is 9.80 Å². The summed E-state index contributed by atoms with van der Waals surface area (Å²) >= 11 is 0. The molecule has 15 rings (SSSR count). The molecule has 8 heteroatoms. The van der Waals surface area contributed by atoms with Crippen LogP contribution in [0, 0.1) is 23.3 Å². The monoisotopic (exact) mass is 1050 g/mol. The van der Waals surface area contributed by atoms with Gasteiger partial charge < -0.3 is 18.9 Å². The lowest BCUT2D eigenvalue weighted by Crippen LogP contribution is -2.29. The third-order valence-corrected chi connectivity index (χ3v) is 16.2. The van der Waals surface area contributed by atoms with E-state index in [1.54, 1.807) is 24.3 Å². The number of halogens is 4.